The lowest BCUT2D eigenvalue weighted by Crippen LogP contribution is -2.18. The minimum atomic E-state index is 0.571. The van der Waals surface area contributed by atoms with E-state index in [9.17, 15) is 0 Å². The van der Waals surface area contributed by atoms with Crippen LogP contribution < -0.4 is 0 Å². The molecule has 0 aliphatic heterocycles. The molecule has 0 aromatic heterocycles. The van der Waals surface area contributed by atoms with Crippen LogP contribution in [0.15, 0.2) is 0 Å². The molecule has 0 aromatic carbocycles. The van der Waals surface area contributed by atoms with Gasteiger partial charge in [0.15, 0.2) is 0 Å². The second-order valence-electron chi connectivity index (χ2n) is 4.43. The number of rotatable bonds is 10. The molecule has 0 bridgehead atoms. The summed E-state index contributed by atoms with van der Waals surface area (Å²) in [6, 6.07) is 0. The molecule has 15 heavy (non-hydrogen) atoms. The fourth-order valence-electron chi connectivity index (χ4n) is 2.11. The highest BCUT2D eigenvalue weighted by atomic mass is 16.5. The van der Waals surface area contributed by atoms with E-state index in [1.165, 1.54) is 32.1 Å². The average Bonchev–Trinajstić information content (AvgIpc) is 2.24. The molecule has 0 radical (unpaired) electrons. The molecule has 0 spiro atoms. The molecule has 0 fully saturated rings. The van der Waals surface area contributed by atoms with Crippen molar-refractivity contribution in [3.8, 4) is 0 Å². The molecule has 0 aliphatic rings. The first-order valence-electron chi connectivity index (χ1n) is 6.26. The number of ether oxygens (including phenoxy) is 2. The molecule has 0 N–H and O–H groups in total. The van der Waals surface area contributed by atoms with E-state index in [1.807, 2.05) is 0 Å². The van der Waals surface area contributed by atoms with Crippen LogP contribution in [-0.2, 0) is 9.47 Å². The molecule has 0 heterocycles. The van der Waals surface area contributed by atoms with E-state index in [0.717, 1.165) is 19.1 Å². The van der Waals surface area contributed by atoms with E-state index in [1.54, 1.807) is 14.2 Å². The summed E-state index contributed by atoms with van der Waals surface area (Å²) < 4.78 is 10.5. The van der Waals surface area contributed by atoms with Gasteiger partial charge in [-0.05, 0) is 12.3 Å². The third-order valence-electron chi connectivity index (χ3n) is 3.01. The van der Waals surface area contributed by atoms with E-state index in [0.29, 0.717) is 5.92 Å². The Labute approximate surface area is 95.3 Å². The molecule has 0 rings (SSSR count). The molecule has 1 unspecified atom stereocenters. The second kappa shape index (κ2) is 10.4. The van der Waals surface area contributed by atoms with Crippen molar-refractivity contribution >= 4 is 0 Å². The maximum absolute atomic E-state index is 5.23. The first-order chi connectivity index (χ1) is 7.28. The number of hydrogen-bond donors (Lipinski definition) is 0. The van der Waals surface area contributed by atoms with Crippen LogP contribution >= 0.6 is 0 Å². The van der Waals surface area contributed by atoms with Crippen molar-refractivity contribution in [2.24, 2.45) is 11.8 Å². The Kier molecular flexibility index (Phi) is 10.4. The minimum Gasteiger partial charge on any atom is -0.384 e. The Morgan fingerprint density at radius 2 is 1.53 bits per heavy atom. The van der Waals surface area contributed by atoms with E-state index >= 15 is 0 Å². The average molecular weight is 216 g/mol. The van der Waals surface area contributed by atoms with E-state index in [4.69, 9.17) is 9.47 Å². The fraction of sp³-hybridized carbons (Fsp3) is 1.00. The summed E-state index contributed by atoms with van der Waals surface area (Å²) in [4.78, 5) is 0. The normalized spacial score (nSPS) is 13.4. The molecule has 1 atom stereocenters. The highest BCUT2D eigenvalue weighted by Gasteiger charge is 2.14. The third kappa shape index (κ3) is 7.80. The van der Waals surface area contributed by atoms with Gasteiger partial charge in [-0.25, -0.2) is 0 Å². The largest absolute Gasteiger partial charge is 0.384 e. The van der Waals surface area contributed by atoms with Crippen LogP contribution in [0.5, 0.6) is 0 Å². The highest BCUT2D eigenvalue weighted by molar-refractivity contribution is 4.65. The first-order valence-corrected chi connectivity index (χ1v) is 6.26. The lowest BCUT2D eigenvalue weighted by atomic mass is 9.89. The predicted molar refractivity (Wildman–Crippen MR) is 65.2 cm³/mol. The summed E-state index contributed by atoms with van der Waals surface area (Å²) in [6.45, 7) is 6.21. The molecule has 0 aliphatic carbocycles. The van der Waals surface area contributed by atoms with E-state index < -0.39 is 0 Å². The SMILES string of the molecule is CCCCC(CC)CC(COC)COC. The first kappa shape index (κ1) is 14.9. The topological polar surface area (TPSA) is 18.5 Å². The van der Waals surface area contributed by atoms with Gasteiger partial charge in [-0.3, -0.25) is 0 Å². The van der Waals surface area contributed by atoms with E-state index in [2.05, 4.69) is 13.8 Å². The lowest BCUT2D eigenvalue weighted by molar-refractivity contribution is 0.0702. The number of methoxy groups -OCH3 is 2. The summed E-state index contributed by atoms with van der Waals surface area (Å²) in [5.74, 6) is 1.42. The smallest absolute Gasteiger partial charge is 0.0512 e. The molecule has 92 valence electrons. The van der Waals surface area contributed by atoms with Gasteiger partial charge in [0.25, 0.3) is 0 Å². The maximum Gasteiger partial charge on any atom is 0.0512 e. The Hall–Kier alpha value is -0.0800. The van der Waals surface area contributed by atoms with Crippen molar-refractivity contribution in [1.29, 1.82) is 0 Å². The monoisotopic (exact) mass is 216 g/mol. The minimum absolute atomic E-state index is 0.571. The van der Waals surface area contributed by atoms with Gasteiger partial charge in [0, 0.05) is 20.1 Å². The second-order valence-corrected chi connectivity index (χ2v) is 4.43. The van der Waals surface area contributed by atoms with Crippen molar-refractivity contribution in [3.63, 3.8) is 0 Å². The predicted octanol–water partition coefficient (Wildman–Crippen LogP) is 3.50. The van der Waals surface area contributed by atoms with Crippen LogP contribution in [0.3, 0.4) is 0 Å². The standard InChI is InChI=1S/C13H28O2/c1-5-7-8-12(6-2)9-13(10-14-3)11-15-4/h12-13H,5-11H2,1-4H3. The molecule has 0 saturated carbocycles. The molecular weight excluding hydrogens is 188 g/mol. The summed E-state index contributed by atoms with van der Waals surface area (Å²) in [7, 11) is 3.55. The number of hydrogen-bond acceptors (Lipinski definition) is 2. The molecule has 0 amide bonds. The van der Waals surface area contributed by atoms with Crippen molar-refractivity contribution in [2.75, 3.05) is 27.4 Å². The van der Waals surface area contributed by atoms with Gasteiger partial charge >= 0.3 is 0 Å². The maximum atomic E-state index is 5.23. The fourth-order valence-corrected chi connectivity index (χ4v) is 2.11. The molecule has 0 saturated heterocycles. The molecular formula is C13H28O2. The summed E-state index contributed by atoms with van der Waals surface area (Å²) >= 11 is 0. The van der Waals surface area contributed by atoms with Crippen molar-refractivity contribution in [1.82, 2.24) is 0 Å². The van der Waals surface area contributed by atoms with Gasteiger partial charge in [0.05, 0.1) is 13.2 Å². The van der Waals surface area contributed by atoms with Gasteiger partial charge in [0.2, 0.25) is 0 Å². The zero-order valence-electron chi connectivity index (χ0n) is 10.9. The molecule has 0 aromatic rings. The zero-order chi connectivity index (χ0) is 11.5. The Morgan fingerprint density at radius 1 is 0.933 bits per heavy atom. The van der Waals surface area contributed by atoms with Gasteiger partial charge in [-0.2, -0.15) is 0 Å². The third-order valence-corrected chi connectivity index (χ3v) is 3.01. The zero-order valence-corrected chi connectivity index (χ0v) is 10.9. The van der Waals surface area contributed by atoms with Crippen molar-refractivity contribution < 1.29 is 9.47 Å². The van der Waals surface area contributed by atoms with Crippen LogP contribution in [0.1, 0.15) is 46.0 Å². The van der Waals surface area contributed by atoms with Crippen LogP contribution in [0.25, 0.3) is 0 Å². The quantitative estimate of drug-likeness (QED) is 0.556. The van der Waals surface area contributed by atoms with E-state index in [-0.39, 0.29) is 0 Å². The Balaban J connectivity index is 3.85. The summed E-state index contributed by atoms with van der Waals surface area (Å²) in [6.07, 6.45) is 6.54. The summed E-state index contributed by atoms with van der Waals surface area (Å²) in [5.41, 5.74) is 0. The van der Waals surface area contributed by atoms with Crippen molar-refractivity contribution in [2.45, 2.75) is 46.0 Å². The van der Waals surface area contributed by atoms with Gasteiger partial charge in [-0.15, -0.1) is 0 Å². The van der Waals surface area contributed by atoms with Crippen LogP contribution in [-0.4, -0.2) is 27.4 Å². The van der Waals surface area contributed by atoms with Gasteiger partial charge in [0.1, 0.15) is 0 Å². The van der Waals surface area contributed by atoms with Gasteiger partial charge in [-0.1, -0.05) is 39.5 Å². The van der Waals surface area contributed by atoms with Crippen molar-refractivity contribution in [3.05, 3.63) is 0 Å². The highest BCUT2D eigenvalue weighted by Crippen LogP contribution is 2.22. The molecule has 2 heteroatoms. The van der Waals surface area contributed by atoms with Crippen LogP contribution in [0.2, 0.25) is 0 Å². The van der Waals surface area contributed by atoms with Gasteiger partial charge < -0.3 is 9.47 Å². The lowest BCUT2D eigenvalue weighted by Gasteiger charge is -2.21. The number of unbranched alkanes of at least 4 members (excludes halogenated alkanes) is 1. The Bertz CT molecular complexity index is 120. The van der Waals surface area contributed by atoms with Crippen LogP contribution in [0, 0.1) is 11.8 Å². The van der Waals surface area contributed by atoms with Crippen LogP contribution in [0.4, 0.5) is 0 Å². The Morgan fingerprint density at radius 3 is 1.93 bits per heavy atom. The summed E-state index contributed by atoms with van der Waals surface area (Å²) in [5, 5.41) is 0. The molecule has 2 nitrogen and oxygen atoms in total.